The molecule has 0 aromatic heterocycles. The van der Waals surface area contributed by atoms with Crippen molar-refractivity contribution in [1.29, 1.82) is 0 Å². The molecule has 0 amide bonds. The largest absolute Gasteiger partial charge is 0.383 e. The fourth-order valence-electron chi connectivity index (χ4n) is 2.29. The maximum atomic E-state index is 13.9. The van der Waals surface area contributed by atoms with Gasteiger partial charge in [0.15, 0.2) is 0 Å². The molecule has 0 spiro atoms. The summed E-state index contributed by atoms with van der Waals surface area (Å²) in [6.45, 7) is 4.24. The molecular formula is C17H17BrF2O. The fraction of sp³-hybridized carbons (Fsp3) is 0.294. The maximum absolute atomic E-state index is 13.9. The van der Waals surface area contributed by atoms with Crippen molar-refractivity contribution in [2.45, 2.75) is 26.4 Å². The second kappa shape index (κ2) is 6.67. The van der Waals surface area contributed by atoms with Gasteiger partial charge in [-0.15, -0.1) is 0 Å². The van der Waals surface area contributed by atoms with Crippen molar-refractivity contribution in [3.8, 4) is 0 Å². The van der Waals surface area contributed by atoms with Gasteiger partial charge in [-0.3, -0.25) is 0 Å². The quantitative estimate of drug-likeness (QED) is 0.818. The van der Waals surface area contributed by atoms with Gasteiger partial charge in [-0.25, -0.2) is 8.78 Å². The van der Waals surface area contributed by atoms with E-state index in [4.69, 9.17) is 0 Å². The Kier molecular flexibility index (Phi) is 5.12. The highest BCUT2D eigenvalue weighted by atomic mass is 79.9. The van der Waals surface area contributed by atoms with Crippen LogP contribution in [0.15, 0.2) is 40.9 Å². The molecule has 2 aromatic rings. The Morgan fingerprint density at radius 2 is 1.57 bits per heavy atom. The van der Waals surface area contributed by atoms with Crippen molar-refractivity contribution >= 4 is 15.9 Å². The average Bonchev–Trinajstić information content (AvgIpc) is 2.37. The molecule has 21 heavy (non-hydrogen) atoms. The molecule has 0 bridgehead atoms. The minimum atomic E-state index is -1.31. The van der Waals surface area contributed by atoms with Crippen LogP contribution in [0.2, 0.25) is 0 Å². The van der Waals surface area contributed by atoms with Crippen LogP contribution in [0.1, 0.15) is 36.6 Å². The van der Waals surface area contributed by atoms with Crippen LogP contribution in [0.4, 0.5) is 8.78 Å². The molecule has 2 aromatic carbocycles. The maximum Gasteiger partial charge on any atom is 0.133 e. The van der Waals surface area contributed by atoms with Crippen LogP contribution in [0.5, 0.6) is 0 Å². The van der Waals surface area contributed by atoms with Gasteiger partial charge >= 0.3 is 0 Å². The molecule has 0 heterocycles. The van der Waals surface area contributed by atoms with Gasteiger partial charge in [0.05, 0.1) is 5.56 Å². The molecular weight excluding hydrogens is 338 g/mol. The van der Waals surface area contributed by atoms with Crippen molar-refractivity contribution in [2.24, 2.45) is 5.92 Å². The van der Waals surface area contributed by atoms with Gasteiger partial charge in [0.1, 0.15) is 17.7 Å². The second-order valence-electron chi connectivity index (χ2n) is 5.53. The van der Waals surface area contributed by atoms with Gasteiger partial charge in [0.25, 0.3) is 0 Å². The first kappa shape index (κ1) is 16.1. The minimum absolute atomic E-state index is 0.306. The Hall–Kier alpha value is -1.26. The van der Waals surface area contributed by atoms with E-state index >= 15 is 0 Å². The highest BCUT2D eigenvalue weighted by molar-refractivity contribution is 9.10. The van der Waals surface area contributed by atoms with Gasteiger partial charge in [-0.2, -0.15) is 0 Å². The molecule has 2 rings (SSSR count). The number of benzene rings is 2. The third-order valence-electron chi connectivity index (χ3n) is 3.26. The first-order valence-corrected chi connectivity index (χ1v) is 7.59. The SMILES string of the molecule is CC(C)Cc1ccc(C(O)c2c(F)cc(Br)cc2F)cc1. The van der Waals surface area contributed by atoms with Gasteiger partial charge < -0.3 is 5.11 Å². The normalized spacial score (nSPS) is 12.7. The van der Waals surface area contributed by atoms with Gasteiger partial charge in [-0.05, 0) is 35.6 Å². The number of hydrogen-bond acceptors (Lipinski definition) is 1. The molecule has 1 unspecified atom stereocenters. The van der Waals surface area contributed by atoms with Crippen LogP contribution in [-0.4, -0.2) is 5.11 Å². The molecule has 0 radical (unpaired) electrons. The Bertz CT molecular complexity index is 600. The van der Waals surface area contributed by atoms with Crippen molar-refractivity contribution in [2.75, 3.05) is 0 Å². The third-order valence-corrected chi connectivity index (χ3v) is 3.71. The predicted octanol–water partition coefficient (Wildman–Crippen LogP) is 5.01. The Morgan fingerprint density at radius 1 is 1.05 bits per heavy atom. The van der Waals surface area contributed by atoms with E-state index in [-0.39, 0.29) is 5.56 Å². The Labute approximate surface area is 131 Å². The molecule has 0 aliphatic carbocycles. The Balaban J connectivity index is 2.30. The van der Waals surface area contributed by atoms with E-state index in [1.54, 1.807) is 12.1 Å². The Morgan fingerprint density at radius 3 is 2.05 bits per heavy atom. The molecule has 1 atom stereocenters. The lowest BCUT2D eigenvalue weighted by atomic mass is 9.97. The van der Waals surface area contributed by atoms with Crippen LogP contribution in [-0.2, 0) is 6.42 Å². The summed E-state index contributed by atoms with van der Waals surface area (Å²) in [7, 11) is 0. The highest BCUT2D eigenvalue weighted by Gasteiger charge is 2.20. The average molecular weight is 355 g/mol. The van der Waals surface area contributed by atoms with Gasteiger partial charge in [0, 0.05) is 4.47 Å². The predicted molar refractivity (Wildman–Crippen MR) is 83.1 cm³/mol. The minimum Gasteiger partial charge on any atom is -0.383 e. The lowest BCUT2D eigenvalue weighted by molar-refractivity contribution is 0.209. The molecule has 4 heteroatoms. The first-order chi connectivity index (χ1) is 9.88. The zero-order valence-electron chi connectivity index (χ0n) is 11.9. The van der Waals surface area contributed by atoms with E-state index < -0.39 is 17.7 Å². The van der Waals surface area contributed by atoms with Gasteiger partial charge in [-0.1, -0.05) is 54.0 Å². The summed E-state index contributed by atoms with van der Waals surface area (Å²) in [6, 6.07) is 9.48. The molecule has 1 nitrogen and oxygen atoms in total. The molecule has 0 fully saturated rings. The van der Waals surface area contributed by atoms with Crippen molar-refractivity contribution in [3.05, 3.63) is 69.2 Å². The third kappa shape index (κ3) is 3.89. The second-order valence-corrected chi connectivity index (χ2v) is 6.44. The summed E-state index contributed by atoms with van der Waals surface area (Å²) in [6.07, 6.45) is -0.386. The molecule has 0 saturated carbocycles. The molecule has 0 saturated heterocycles. The van der Waals surface area contributed by atoms with Crippen LogP contribution in [0.3, 0.4) is 0 Å². The molecule has 112 valence electrons. The topological polar surface area (TPSA) is 20.2 Å². The van der Waals surface area contributed by atoms with Crippen molar-refractivity contribution in [3.63, 3.8) is 0 Å². The van der Waals surface area contributed by atoms with E-state index in [1.807, 2.05) is 12.1 Å². The summed E-state index contributed by atoms with van der Waals surface area (Å²) in [4.78, 5) is 0. The monoisotopic (exact) mass is 354 g/mol. The number of halogens is 3. The zero-order valence-corrected chi connectivity index (χ0v) is 13.5. The molecule has 0 aliphatic heterocycles. The van der Waals surface area contributed by atoms with Crippen LogP contribution in [0, 0.1) is 17.6 Å². The molecule has 1 N–H and O–H groups in total. The fourth-order valence-corrected chi connectivity index (χ4v) is 2.69. The van der Waals surface area contributed by atoms with Crippen molar-refractivity contribution < 1.29 is 13.9 Å². The molecule has 0 aliphatic rings. The number of aliphatic hydroxyl groups excluding tert-OH is 1. The van der Waals surface area contributed by atoms with E-state index in [0.29, 0.717) is 16.0 Å². The summed E-state index contributed by atoms with van der Waals surface area (Å²) < 4.78 is 28.0. The number of aliphatic hydroxyl groups is 1. The summed E-state index contributed by atoms with van der Waals surface area (Å²) in [5, 5.41) is 10.2. The van der Waals surface area contributed by atoms with E-state index in [0.717, 1.165) is 24.1 Å². The lowest BCUT2D eigenvalue weighted by Crippen LogP contribution is -2.06. The van der Waals surface area contributed by atoms with Crippen molar-refractivity contribution in [1.82, 2.24) is 0 Å². The van der Waals surface area contributed by atoms with Crippen LogP contribution >= 0.6 is 15.9 Å². The van der Waals surface area contributed by atoms with E-state index in [2.05, 4.69) is 29.8 Å². The lowest BCUT2D eigenvalue weighted by Gasteiger charge is -2.14. The smallest absolute Gasteiger partial charge is 0.133 e. The summed E-state index contributed by atoms with van der Waals surface area (Å²) in [5.74, 6) is -0.997. The van der Waals surface area contributed by atoms with Crippen LogP contribution in [0.25, 0.3) is 0 Å². The number of rotatable bonds is 4. The standard InChI is InChI=1S/C17H17BrF2O/c1-10(2)7-11-3-5-12(6-4-11)17(21)16-14(19)8-13(18)9-15(16)20/h3-6,8-10,17,21H,7H2,1-2H3. The first-order valence-electron chi connectivity index (χ1n) is 6.80. The highest BCUT2D eigenvalue weighted by Crippen LogP contribution is 2.29. The van der Waals surface area contributed by atoms with E-state index in [9.17, 15) is 13.9 Å². The van der Waals surface area contributed by atoms with Gasteiger partial charge in [0.2, 0.25) is 0 Å². The van der Waals surface area contributed by atoms with E-state index in [1.165, 1.54) is 0 Å². The zero-order chi connectivity index (χ0) is 15.6. The number of hydrogen-bond donors (Lipinski definition) is 1. The summed E-state index contributed by atoms with van der Waals surface area (Å²) in [5.41, 5.74) is 1.29. The summed E-state index contributed by atoms with van der Waals surface area (Å²) >= 11 is 3.02. The van der Waals surface area contributed by atoms with Crippen LogP contribution < -0.4 is 0 Å².